The predicted molar refractivity (Wildman–Crippen MR) is 97.0 cm³/mol. The van der Waals surface area contributed by atoms with E-state index in [-0.39, 0.29) is 0 Å². The first-order valence-electron chi connectivity index (χ1n) is 10.00. The van der Waals surface area contributed by atoms with Crippen molar-refractivity contribution in [2.75, 3.05) is 13.1 Å². The van der Waals surface area contributed by atoms with Gasteiger partial charge < -0.3 is 9.45 Å². The van der Waals surface area contributed by atoms with Crippen LogP contribution in [-0.2, 0) is 10.1 Å². The number of unbranched alkanes of at least 4 members (excludes halogenated alkanes) is 6. The molecular formula is C18H36F3NO3S. The molecule has 1 saturated heterocycles. The Kier molecular flexibility index (Phi) is 13.6. The average Bonchev–Trinajstić information content (AvgIpc) is 2.56. The third kappa shape index (κ3) is 12.1. The Bertz CT molecular complexity index is 441. The highest BCUT2D eigenvalue weighted by molar-refractivity contribution is 7.86. The molecular weight excluding hydrogens is 367 g/mol. The Labute approximate surface area is 157 Å². The minimum atomic E-state index is -6.09. The molecule has 0 aromatic rings. The van der Waals surface area contributed by atoms with Gasteiger partial charge >= 0.3 is 5.51 Å². The molecule has 0 bridgehead atoms. The molecule has 1 aliphatic heterocycles. The molecule has 2 unspecified atom stereocenters. The van der Waals surface area contributed by atoms with Crippen LogP contribution in [0, 0.1) is 0 Å². The highest BCUT2D eigenvalue weighted by Crippen LogP contribution is 2.20. The minimum absolute atomic E-state index is 1.01. The van der Waals surface area contributed by atoms with E-state index in [9.17, 15) is 13.2 Å². The summed E-state index contributed by atoms with van der Waals surface area (Å²) in [6.45, 7) is 7.55. The minimum Gasteiger partial charge on any atom is -0.741 e. The number of hydrogen-bond acceptors (Lipinski definition) is 3. The van der Waals surface area contributed by atoms with Crippen molar-refractivity contribution in [3.8, 4) is 0 Å². The van der Waals surface area contributed by atoms with Crippen molar-refractivity contribution in [2.45, 2.75) is 102 Å². The van der Waals surface area contributed by atoms with Gasteiger partial charge in [0.15, 0.2) is 10.1 Å². The van der Waals surface area contributed by atoms with E-state index in [2.05, 4.69) is 13.8 Å². The Morgan fingerprint density at radius 1 is 0.962 bits per heavy atom. The molecule has 8 heteroatoms. The van der Waals surface area contributed by atoms with Crippen LogP contribution in [0.3, 0.4) is 0 Å². The van der Waals surface area contributed by atoms with Gasteiger partial charge in [-0.2, -0.15) is 13.2 Å². The monoisotopic (exact) mass is 403 g/mol. The highest BCUT2D eigenvalue weighted by atomic mass is 32.2. The summed E-state index contributed by atoms with van der Waals surface area (Å²) in [6, 6.07) is 1.01. The van der Waals surface area contributed by atoms with Crippen molar-refractivity contribution >= 4 is 10.1 Å². The molecule has 158 valence electrons. The van der Waals surface area contributed by atoms with E-state index in [1.165, 1.54) is 90.1 Å². The first-order valence-corrected chi connectivity index (χ1v) is 11.4. The lowest BCUT2D eigenvalue weighted by molar-refractivity contribution is -0.931. The number of nitrogens with one attached hydrogen (secondary N) is 1. The van der Waals surface area contributed by atoms with Crippen LogP contribution in [0.1, 0.15) is 90.9 Å². The van der Waals surface area contributed by atoms with Crippen LogP contribution in [0.4, 0.5) is 13.2 Å². The van der Waals surface area contributed by atoms with Gasteiger partial charge in [0, 0.05) is 0 Å². The van der Waals surface area contributed by atoms with Gasteiger partial charge in [-0.15, -0.1) is 0 Å². The van der Waals surface area contributed by atoms with E-state index in [1.54, 1.807) is 0 Å². The smallest absolute Gasteiger partial charge is 0.485 e. The third-order valence-corrected chi connectivity index (χ3v) is 5.49. The number of piperidine rings is 1. The van der Waals surface area contributed by atoms with Gasteiger partial charge in [-0.25, -0.2) is 8.42 Å². The van der Waals surface area contributed by atoms with Gasteiger partial charge in [0.1, 0.15) is 0 Å². The van der Waals surface area contributed by atoms with Crippen LogP contribution in [0.2, 0.25) is 0 Å². The second-order valence-corrected chi connectivity index (χ2v) is 8.53. The fourth-order valence-electron chi connectivity index (χ4n) is 3.41. The maximum absolute atomic E-state index is 10.7. The van der Waals surface area contributed by atoms with Crippen LogP contribution in [0.25, 0.3) is 0 Å². The normalized spacial score (nSPS) is 21.2. The van der Waals surface area contributed by atoms with E-state index in [4.69, 9.17) is 13.0 Å². The first kappa shape index (κ1) is 25.7. The van der Waals surface area contributed by atoms with Gasteiger partial charge in [0.25, 0.3) is 0 Å². The fourth-order valence-corrected chi connectivity index (χ4v) is 3.41. The summed E-state index contributed by atoms with van der Waals surface area (Å²) >= 11 is 0. The molecule has 1 N–H and O–H groups in total. The van der Waals surface area contributed by atoms with E-state index >= 15 is 0 Å². The van der Waals surface area contributed by atoms with Gasteiger partial charge in [0.2, 0.25) is 0 Å². The molecule has 0 aromatic carbocycles. The zero-order chi connectivity index (χ0) is 20.1. The van der Waals surface area contributed by atoms with E-state index in [0.29, 0.717) is 0 Å². The zero-order valence-corrected chi connectivity index (χ0v) is 17.1. The number of hydrogen-bond donors (Lipinski definition) is 1. The molecule has 2 atom stereocenters. The van der Waals surface area contributed by atoms with Crippen molar-refractivity contribution in [2.24, 2.45) is 0 Å². The molecule has 1 fully saturated rings. The molecule has 0 saturated carbocycles. The molecule has 0 radical (unpaired) electrons. The molecule has 0 spiro atoms. The summed E-state index contributed by atoms with van der Waals surface area (Å²) in [5, 5.41) is 0. The molecule has 0 amide bonds. The summed E-state index contributed by atoms with van der Waals surface area (Å²) in [5.41, 5.74) is -5.65. The largest absolute Gasteiger partial charge is 0.741 e. The summed E-state index contributed by atoms with van der Waals surface area (Å²) in [6.07, 6.45) is 17.5. The number of likely N-dealkylation sites (tertiary alicyclic amines) is 1. The highest BCUT2D eigenvalue weighted by Gasteiger charge is 2.36. The summed E-state index contributed by atoms with van der Waals surface area (Å²) in [7, 11) is -6.09. The maximum atomic E-state index is 10.7. The van der Waals surface area contributed by atoms with Crippen LogP contribution in [-0.4, -0.2) is 37.6 Å². The van der Waals surface area contributed by atoms with Crippen molar-refractivity contribution < 1.29 is 31.0 Å². The van der Waals surface area contributed by atoms with Gasteiger partial charge in [-0.1, -0.05) is 46.0 Å². The third-order valence-electron chi connectivity index (χ3n) is 4.92. The number of quaternary nitrogens is 1. The van der Waals surface area contributed by atoms with Crippen molar-refractivity contribution in [1.82, 2.24) is 0 Å². The van der Waals surface area contributed by atoms with Crippen LogP contribution < -0.4 is 4.90 Å². The molecule has 0 aromatic heterocycles. The van der Waals surface area contributed by atoms with Crippen molar-refractivity contribution in [3.63, 3.8) is 0 Å². The van der Waals surface area contributed by atoms with Crippen molar-refractivity contribution in [3.05, 3.63) is 0 Å². The van der Waals surface area contributed by atoms with Gasteiger partial charge in [-0.05, 0) is 44.9 Å². The fraction of sp³-hybridized carbons (Fsp3) is 1.00. The quantitative estimate of drug-likeness (QED) is 0.340. The van der Waals surface area contributed by atoms with Crippen LogP contribution >= 0.6 is 0 Å². The van der Waals surface area contributed by atoms with Crippen LogP contribution in [0.15, 0.2) is 0 Å². The molecule has 1 heterocycles. The number of halogens is 3. The topological polar surface area (TPSA) is 61.6 Å². The Morgan fingerprint density at radius 3 is 2.04 bits per heavy atom. The first-order chi connectivity index (χ1) is 12.1. The average molecular weight is 404 g/mol. The predicted octanol–water partition coefficient (Wildman–Crippen LogP) is 4.03. The Morgan fingerprint density at radius 2 is 1.50 bits per heavy atom. The molecule has 26 heavy (non-hydrogen) atoms. The van der Waals surface area contributed by atoms with Crippen molar-refractivity contribution in [1.29, 1.82) is 0 Å². The summed E-state index contributed by atoms with van der Waals surface area (Å²) < 4.78 is 58.9. The van der Waals surface area contributed by atoms with E-state index < -0.39 is 15.6 Å². The Hall–Kier alpha value is -0.340. The van der Waals surface area contributed by atoms with E-state index in [1.807, 2.05) is 4.90 Å². The zero-order valence-electron chi connectivity index (χ0n) is 16.2. The molecule has 0 aliphatic carbocycles. The second kappa shape index (κ2) is 13.8. The standard InChI is InChI=1S/C17H35N.CHF3O3S/c1-3-5-7-8-9-11-15-18-16-12-10-14-17(18)13-6-4-2;2-1(3,4)8(5,6)7/h17H,3-16H2,1-2H3;(H,5,6,7). The number of rotatable bonds is 10. The van der Waals surface area contributed by atoms with E-state index in [0.717, 1.165) is 6.04 Å². The number of alkyl halides is 3. The lowest BCUT2D eigenvalue weighted by atomic mass is 9.97. The molecule has 1 aliphatic rings. The lowest BCUT2D eigenvalue weighted by Crippen LogP contribution is -3.16. The maximum Gasteiger partial charge on any atom is 0.485 e. The van der Waals surface area contributed by atoms with Gasteiger partial charge in [-0.3, -0.25) is 0 Å². The summed E-state index contributed by atoms with van der Waals surface area (Å²) in [5.74, 6) is 0. The summed E-state index contributed by atoms with van der Waals surface area (Å²) in [4.78, 5) is 1.95. The van der Waals surface area contributed by atoms with Gasteiger partial charge in [0.05, 0.1) is 19.1 Å². The Balaban J connectivity index is 0.000000660. The molecule has 1 rings (SSSR count). The lowest BCUT2D eigenvalue weighted by Gasteiger charge is -2.32. The van der Waals surface area contributed by atoms with Crippen LogP contribution in [0.5, 0.6) is 0 Å². The second-order valence-electron chi connectivity index (χ2n) is 7.16. The molecule has 4 nitrogen and oxygen atoms in total. The SMILES string of the molecule is CCCCCCCC[NH+]1CCCCC1CCCC.O=S(=O)([O-])C(F)(F)F.